The predicted molar refractivity (Wildman–Crippen MR) is 142 cm³/mol. The fraction of sp³-hybridized carbons (Fsp3) is 0.467. The van der Waals surface area contributed by atoms with E-state index < -0.39 is 5.54 Å². The second kappa shape index (κ2) is 10.4. The van der Waals surface area contributed by atoms with Crippen LogP contribution in [-0.2, 0) is 17.9 Å². The van der Waals surface area contributed by atoms with E-state index in [1.165, 1.54) is 19.3 Å². The third-order valence-electron chi connectivity index (χ3n) is 7.87. The SMILES string of the molecule is CCOc1ccccc1CN1C(=O)c2cc3ccccc3n2C[C@@]1(C)C(=O)NC1CCCCCCC1. The molecule has 1 atom stereocenters. The van der Waals surface area contributed by atoms with Gasteiger partial charge in [-0.2, -0.15) is 0 Å². The zero-order valence-electron chi connectivity index (χ0n) is 21.5. The molecule has 0 bridgehead atoms. The van der Waals surface area contributed by atoms with Gasteiger partial charge >= 0.3 is 0 Å². The van der Waals surface area contributed by atoms with E-state index in [0.717, 1.165) is 47.9 Å². The van der Waals surface area contributed by atoms with E-state index in [2.05, 4.69) is 5.32 Å². The lowest BCUT2D eigenvalue weighted by molar-refractivity contribution is -0.134. The predicted octanol–water partition coefficient (Wildman–Crippen LogP) is 5.68. The van der Waals surface area contributed by atoms with Crippen molar-refractivity contribution in [1.29, 1.82) is 0 Å². The molecule has 190 valence electrons. The number of nitrogens with zero attached hydrogens (tertiary/aromatic N) is 2. The first-order valence-corrected chi connectivity index (χ1v) is 13.4. The number of fused-ring (bicyclic) bond motifs is 3. The van der Waals surface area contributed by atoms with Crippen LogP contribution in [0.4, 0.5) is 0 Å². The van der Waals surface area contributed by atoms with Gasteiger partial charge in [0, 0.05) is 22.5 Å². The van der Waals surface area contributed by atoms with Gasteiger partial charge in [0.25, 0.3) is 5.91 Å². The fourth-order valence-corrected chi connectivity index (χ4v) is 5.80. The van der Waals surface area contributed by atoms with Crippen LogP contribution in [0.1, 0.15) is 74.8 Å². The Labute approximate surface area is 213 Å². The summed E-state index contributed by atoms with van der Waals surface area (Å²) in [4.78, 5) is 29.9. The molecule has 1 aromatic heterocycles. The first-order chi connectivity index (χ1) is 17.5. The number of carbonyl (C=O) groups is 2. The van der Waals surface area contributed by atoms with Crippen molar-refractivity contribution < 1.29 is 14.3 Å². The van der Waals surface area contributed by atoms with Crippen LogP contribution in [0.25, 0.3) is 10.9 Å². The highest BCUT2D eigenvalue weighted by atomic mass is 16.5. The highest BCUT2D eigenvalue weighted by Gasteiger charge is 2.48. The molecule has 1 N–H and O–H groups in total. The number of hydrogen-bond acceptors (Lipinski definition) is 3. The largest absolute Gasteiger partial charge is 0.494 e. The second-order valence-electron chi connectivity index (χ2n) is 10.4. The zero-order valence-corrected chi connectivity index (χ0v) is 21.5. The molecule has 6 heteroatoms. The van der Waals surface area contributed by atoms with Crippen molar-refractivity contribution in [3.8, 4) is 5.75 Å². The van der Waals surface area contributed by atoms with Crippen LogP contribution in [0.15, 0.2) is 54.6 Å². The molecule has 2 aromatic carbocycles. The van der Waals surface area contributed by atoms with Crippen LogP contribution in [-0.4, -0.2) is 39.5 Å². The van der Waals surface area contributed by atoms with Gasteiger partial charge in [-0.1, -0.05) is 68.5 Å². The average molecular weight is 488 g/mol. The van der Waals surface area contributed by atoms with Gasteiger partial charge in [0.1, 0.15) is 17.0 Å². The minimum atomic E-state index is -1.03. The van der Waals surface area contributed by atoms with Gasteiger partial charge in [-0.25, -0.2) is 0 Å². The summed E-state index contributed by atoms with van der Waals surface area (Å²) in [5.41, 5.74) is 1.48. The maximum atomic E-state index is 14.1. The topological polar surface area (TPSA) is 63.6 Å². The summed E-state index contributed by atoms with van der Waals surface area (Å²) < 4.78 is 7.89. The van der Waals surface area contributed by atoms with Crippen LogP contribution in [0.5, 0.6) is 5.75 Å². The number of rotatable bonds is 6. The smallest absolute Gasteiger partial charge is 0.271 e. The van der Waals surface area contributed by atoms with Crippen LogP contribution in [0.3, 0.4) is 0 Å². The summed E-state index contributed by atoms with van der Waals surface area (Å²) in [5, 5.41) is 4.38. The summed E-state index contributed by atoms with van der Waals surface area (Å²) in [6.07, 6.45) is 8.00. The Morgan fingerprint density at radius 1 is 1.03 bits per heavy atom. The van der Waals surface area contributed by atoms with Crippen LogP contribution in [0.2, 0.25) is 0 Å². The average Bonchev–Trinajstić information content (AvgIpc) is 3.23. The molecule has 0 spiro atoms. The van der Waals surface area contributed by atoms with E-state index in [1.807, 2.05) is 73.0 Å². The van der Waals surface area contributed by atoms with Crippen molar-refractivity contribution >= 4 is 22.7 Å². The molecule has 0 radical (unpaired) electrons. The molecule has 0 saturated heterocycles. The Kier molecular flexibility index (Phi) is 7.04. The normalized spacial score (nSPS) is 21.1. The van der Waals surface area contributed by atoms with Crippen molar-refractivity contribution in [3.05, 3.63) is 65.9 Å². The Morgan fingerprint density at radius 3 is 2.50 bits per heavy atom. The van der Waals surface area contributed by atoms with Crippen LogP contribution < -0.4 is 10.1 Å². The number of hydrogen-bond donors (Lipinski definition) is 1. The summed E-state index contributed by atoms with van der Waals surface area (Å²) >= 11 is 0. The maximum absolute atomic E-state index is 14.1. The molecule has 1 aliphatic heterocycles. The Morgan fingerprint density at radius 2 is 1.72 bits per heavy atom. The summed E-state index contributed by atoms with van der Waals surface area (Å²) in [5.74, 6) is 0.555. The number of aromatic nitrogens is 1. The molecule has 1 fully saturated rings. The highest BCUT2D eigenvalue weighted by molar-refractivity contribution is 6.03. The second-order valence-corrected chi connectivity index (χ2v) is 10.4. The molecular weight excluding hydrogens is 450 g/mol. The fourth-order valence-electron chi connectivity index (χ4n) is 5.80. The van der Waals surface area contributed by atoms with Gasteiger partial charge in [-0.3, -0.25) is 9.59 Å². The lowest BCUT2D eigenvalue weighted by atomic mass is 9.91. The Hall–Kier alpha value is -3.28. The van der Waals surface area contributed by atoms with Gasteiger partial charge in [-0.05, 0) is 44.9 Å². The van der Waals surface area contributed by atoms with E-state index in [0.29, 0.717) is 25.4 Å². The van der Waals surface area contributed by atoms with Crippen molar-refractivity contribution in [2.45, 2.75) is 83.5 Å². The molecule has 0 unspecified atom stereocenters. The lowest BCUT2D eigenvalue weighted by Crippen LogP contribution is -2.64. The van der Waals surface area contributed by atoms with Gasteiger partial charge in [0.05, 0.1) is 19.7 Å². The van der Waals surface area contributed by atoms with Crippen molar-refractivity contribution in [2.24, 2.45) is 0 Å². The van der Waals surface area contributed by atoms with Gasteiger partial charge < -0.3 is 19.5 Å². The van der Waals surface area contributed by atoms with Crippen LogP contribution >= 0.6 is 0 Å². The minimum absolute atomic E-state index is 0.0706. The third kappa shape index (κ3) is 4.61. The van der Waals surface area contributed by atoms with E-state index >= 15 is 0 Å². The van der Waals surface area contributed by atoms with E-state index in [-0.39, 0.29) is 17.9 Å². The maximum Gasteiger partial charge on any atom is 0.271 e. The molecule has 2 heterocycles. The van der Waals surface area contributed by atoms with E-state index in [4.69, 9.17) is 4.74 Å². The molecule has 1 aliphatic carbocycles. The third-order valence-corrected chi connectivity index (χ3v) is 7.87. The number of amides is 2. The monoisotopic (exact) mass is 487 g/mol. The van der Waals surface area contributed by atoms with E-state index in [1.54, 1.807) is 4.90 Å². The molecule has 3 aromatic rings. The van der Waals surface area contributed by atoms with Crippen molar-refractivity contribution in [2.75, 3.05) is 6.61 Å². The molecule has 2 aliphatic rings. The van der Waals surface area contributed by atoms with Crippen LogP contribution in [0, 0.1) is 0 Å². The quantitative estimate of drug-likeness (QED) is 0.486. The van der Waals surface area contributed by atoms with Crippen molar-refractivity contribution in [1.82, 2.24) is 14.8 Å². The molecule has 2 amide bonds. The van der Waals surface area contributed by atoms with Crippen molar-refractivity contribution in [3.63, 3.8) is 0 Å². The number of benzene rings is 2. The molecular formula is C30H37N3O3. The number of para-hydroxylation sites is 2. The first-order valence-electron chi connectivity index (χ1n) is 13.4. The minimum Gasteiger partial charge on any atom is -0.494 e. The Bertz CT molecular complexity index is 1240. The van der Waals surface area contributed by atoms with Gasteiger partial charge in [0.15, 0.2) is 0 Å². The summed E-state index contributed by atoms with van der Waals surface area (Å²) in [6.45, 7) is 5.14. The molecule has 5 rings (SSSR count). The Balaban J connectivity index is 1.53. The lowest BCUT2D eigenvalue weighted by Gasteiger charge is -2.45. The molecule has 6 nitrogen and oxygen atoms in total. The first kappa shape index (κ1) is 24.4. The molecule has 36 heavy (non-hydrogen) atoms. The highest BCUT2D eigenvalue weighted by Crippen LogP contribution is 2.35. The van der Waals surface area contributed by atoms with E-state index in [9.17, 15) is 9.59 Å². The standard InChI is InChI=1S/C30H37N3O3/c1-3-36-27-18-12-10-14-23(27)20-33-28(34)26-19-22-13-9-11-17-25(22)32(26)21-30(33,2)29(35)31-24-15-7-5-4-6-8-16-24/h9-14,17-19,24H,3-8,15-16,20-21H2,1-2H3,(H,31,35)/t30-/m0/s1. The number of carbonyl (C=O) groups excluding carboxylic acids is 2. The summed E-state index contributed by atoms with van der Waals surface area (Å²) in [6, 6.07) is 17.9. The van der Waals surface area contributed by atoms with Gasteiger partial charge in [-0.15, -0.1) is 0 Å². The zero-order chi connectivity index (χ0) is 25.1. The number of nitrogens with one attached hydrogen (secondary N) is 1. The number of ether oxygens (including phenoxy) is 1. The molecule has 1 saturated carbocycles. The van der Waals surface area contributed by atoms with Gasteiger partial charge in [0.2, 0.25) is 5.91 Å². The summed E-state index contributed by atoms with van der Waals surface area (Å²) in [7, 11) is 0.